The number of fused-ring (bicyclic) bond motifs is 1. The van der Waals surface area contributed by atoms with Gasteiger partial charge < -0.3 is 0 Å². The molecular formula is C19H14ClN3. The summed E-state index contributed by atoms with van der Waals surface area (Å²) in [6.07, 6.45) is 0. The van der Waals surface area contributed by atoms with E-state index in [0.29, 0.717) is 5.02 Å². The molecule has 0 fully saturated rings. The van der Waals surface area contributed by atoms with Crippen LogP contribution in [0.5, 0.6) is 0 Å². The molecule has 0 bridgehead atoms. The van der Waals surface area contributed by atoms with Gasteiger partial charge in [0.05, 0.1) is 17.1 Å². The first-order valence-corrected chi connectivity index (χ1v) is 7.78. The molecular weight excluding hydrogens is 306 g/mol. The van der Waals surface area contributed by atoms with Gasteiger partial charge in [-0.2, -0.15) is 5.10 Å². The Labute approximate surface area is 139 Å². The maximum Gasteiger partial charge on any atom is 0.163 e. The average Bonchev–Trinajstić information content (AvgIpc) is 2.92. The molecule has 0 radical (unpaired) electrons. The van der Waals surface area contributed by atoms with Crippen LogP contribution in [0.15, 0.2) is 66.7 Å². The summed E-state index contributed by atoms with van der Waals surface area (Å²) in [4.78, 5) is 4.83. The van der Waals surface area contributed by atoms with E-state index in [4.69, 9.17) is 16.6 Å². The first kappa shape index (κ1) is 14.0. The minimum absolute atomic E-state index is 0.683. The van der Waals surface area contributed by atoms with Gasteiger partial charge in [0.1, 0.15) is 0 Å². The molecule has 0 saturated carbocycles. The van der Waals surface area contributed by atoms with Crippen LogP contribution in [0.2, 0.25) is 5.02 Å². The summed E-state index contributed by atoms with van der Waals surface area (Å²) in [6, 6.07) is 21.9. The van der Waals surface area contributed by atoms with Crippen molar-refractivity contribution in [3.05, 3.63) is 77.4 Å². The highest BCUT2D eigenvalue weighted by atomic mass is 35.5. The van der Waals surface area contributed by atoms with Crippen LogP contribution in [0, 0.1) is 6.92 Å². The Kier molecular flexibility index (Phi) is 3.36. The SMILES string of the molecule is Cc1nn(-c2cccc(Cl)c2)c2nc(-c3ccccc3)ccc12. The minimum Gasteiger partial charge on any atom is -0.228 e. The molecule has 3 nitrogen and oxygen atoms in total. The fourth-order valence-electron chi connectivity index (χ4n) is 2.70. The highest BCUT2D eigenvalue weighted by Gasteiger charge is 2.12. The molecule has 2 heterocycles. The molecule has 23 heavy (non-hydrogen) atoms. The van der Waals surface area contributed by atoms with Crippen molar-refractivity contribution in [1.82, 2.24) is 14.8 Å². The Balaban J connectivity index is 1.95. The Hall–Kier alpha value is -2.65. The maximum absolute atomic E-state index is 6.12. The van der Waals surface area contributed by atoms with Crippen LogP contribution in [-0.4, -0.2) is 14.8 Å². The van der Waals surface area contributed by atoms with Crippen LogP contribution < -0.4 is 0 Å². The van der Waals surface area contributed by atoms with Crippen molar-refractivity contribution < 1.29 is 0 Å². The summed E-state index contributed by atoms with van der Waals surface area (Å²) >= 11 is 6.12. The van der Waals surface area contributed by atoms with E-state index in [0.717, 1.165) is 33.7 Å². The molecule has 0 amide bonds. The number of rotatable bonds is 2. The molecule has 2 aromatic heterocycles. The average molecular weight is 320 g/mol. The third-order valence-electron chi connectivity index (χ3n) is 3.84. The Bertz CT molecular complexity index is 990. The minimum atomic E-state index is 0.683. The van der Waals surface area contributed by atoms with Crippen molar-refractivity contribution in [3.8, 4) is 16.9 Å². The summed E-state index contributed by atoms with van der Waals surface area (Å²) in [5.74, 6) is 0. The second-order valence-corrected chi connectivity index (χ2v) is 5.85. The van der Waals surface area contributed by atoms with Crippen molar-refractivity contribution in [2.45, 2.75) is 6.92 Å². The van der Waals surface area contributed by atoms with E-state index in [1.54, 1.807) is 0 Å². The third kappa shape index (κ3) is 2.49. The Morgan fingerprint density at radius 2 is 1.74 bits per heavy atom. The lowest BCUT2D eigenvalue weighted by Crippen LogP contribution is -1.98. The normalized spacial score (nSPS) is 11.0. The van der Waals surface area contributed by atoms with Crippen molar-refractivity contribution in [1.29, 1.82) is 0 Å². The third-order valence-corrected chi connectivity index (χ3v) is 4.07. The van der Waals surface area contributed by atoms with Crippen molar-refractivity contribution >= 4 is 22.6 Å². The summed E-state index contributed by atoms with van der Waals surface area (Å²) < 4.78 is 1.85. The van der Waals surface area contributed by atoms with Gasteiger partial charge in [-0.15, -0.1) is 0 Å². The molecule has 0 unspecified atom stereocenters. The van der Waals surface area contributed by atoms with E-state index in [1.807, 2.05) is 60.1 Å². The standard InChI is InChI=1S/C19H14ClN3/c1-13-17-10-11-18(14-6-3-2-4-7-14)21-19(17)23(22-13)16-9-5-8-15(20)12-16/h2-12H,1H3. The van der Waals surface area contributed by atoms with E-state index >= 15 is 0 Å². The highest BCUT2D eigenvalue weighted by Crippen LogP contribution is 2.25. The Morgan fingerprint density at radius 3 is 2.52 bits per heavy atom. The van der Waals surface area contributed by atoms with Crippen LogP contribution >= 0.6 is 11.6 Å². The molecule has 0 aliphatic heterocycles. The van der Waals surface area contributed by atoms with Crippen LogP contribution in [0.25, 0.3) is 28.0 Å². The van der Waals surface area contributed by atoms with Crippen LogP contribution in [0.4, 0.5) is 0 Å². The van der Waals surface area contributed by atoms with E-state index < -0.39 is 0 Å². The van der Waals surface area contributed by atoms with Crippen molar-refractivity contribution in [2.75, 3.05) is 0 Å². The largest absolute Gasteiger partial charge is 0.228 e. The lowest BCUT2D eigenvalue weighted by molar-refractivity contribution is 0.878. The van der Waals surface area contributed by atoms with Gasteiger partial charge in [-0.05, 0) is 37.3 Å². The van der Waals surface area contributed by atoms with Crippen LogP contribution in [0.3, 0.4) is 0 Å². The number of aryl methyl sites for hydroxylation is 1. The quantitative estimate of drug-likeness (QED) is 0.517. The van der Waals surface area contributed by atoms with Gasteiger partial charge in [0.15, 0.2) is 5.65 Å². The molecule has 0 aliphatic rings. The number of halogens is 1. The van der Waals surface area contributed by atoms with Gasteiger partial charge in [-0.25, -0.2) is 9.67 Å². The van der Waals surface area contributed by atoms with Crippen LogP contribution in [0.1, 0.15) is 5.69 Å². The summed E-state index contributed by atoms with van der Waals surface area (Å²) in [5.41, 5.74) is 4.72. The topological polar surface area (TPSA) is 30.7 Å². The molecule has 4 heteroatoms. The second kappa shape index (κ2) is 5.52. The molecule has 0 saturated heterocycles. The molecule has 0 spiro atoms. The molecule has 0 N–H and O–H groups in total. The van der Waals surface area contributed by atoms with Gasteiger partial charge in [0.2, 0.25) is 0 Å². The molecule has 112 valence electrons. The number of nitrogens with zero attached hydrogens (tertiary/aromatic N) is 3. The second-order valence-electron chi connectivity index (χ2n) is 5.41. The van der Waals surface area contributed by atoms with E-state index in [-0.39, 0.29) is 0 Å². The number of aromatic nitrogens is 3. The smallest absolute Gasteiger partial charge is 0.163 e. The lowest BCUT2D eigenvalue weighted by atomic mass is 10.1. The number of pyridine rings is 1. The molecule has 0 atom stereocenters. The fourth-order valence-corrected chi connectivity index (χ4v) is 2.89. The van der Waals surface area contributed by atoms with E-state index in [9.17, 15) is 0 Å². The molecule has 4 rings (SSSR count). The number of hydrogen-bond donors (Lipinski definition) is 0. The number of hydrogen-bond acceptors (Lipinski definition) is 2. The molecule has 4 aromatic rings. The lowest BCUT2D eigenvalue weighted by Gasteiger charge is -2.05. The Morgan fingerprint density at radius 1 is 0.913 bits per heavy atom. The molecule has 2 aromatic carbocycles. The van der Waals surface area contributed by atoms with Gasteiger partial charge >= 0.3 is 0 Å². The summed E-state index contributed by atoms with van der Waals surface area (Å²) in [5, 5.41) is 6.36. The predicted octanol–water partition coefficient (Wildman–Crippen LogP) is 5.05. The first-order chi connectivity index (χ1) is 11.2. The van der Waals surface area contributed by atoms with Gasteiger partial charge in [0, 0.05) is 16.0 Å². The van der Waals surface area contributed by atoms with Gasteiger partial charge in [0.25, 0.3) is 0 Å². The van der Waals surface area contributed by atoms with Crippen molar-refractivity contribution in [3.63, 3.8) is 0 Å². The zero-order valence-electron chi connectivity index (χ0n) is 12.6. The fraction of sp³-hybridized carbons (Fsp3) is 0.0526. The monoisotopic (exact) mass is 319 g/mol. The van der Waals surface area contributed by atoms with E-state index in [1.165, 1.54) is 0 Å². The summed E-state index contributed by atoms with van der Waals surface area (Å²) in [6.45, 7) is 1.99. The highest BCUT2D eigenvalue weighted by molar-refractivity contribution is 6.30. The van der Waals surface area contributed by atoms with Crippen molar-refractivity contribution in [2.24, 2.45) is 0 Å². The van der Waals surface area contributed by atoms with Gasteiger partial charge in [-0.1, -0.05) is 48.0 Å². The number of benzene rings is 2. The van der Waals surface area contributed by atoms with Gasteiger partial charge in [-0.3, -0.25) is 0 Å². The summed E-state index contributed by atoms with van der Waals surface area (Å²) in [7, 11) is 0. The zero-order valence-corrected chi connectivity index (χ0v) is 13.3. The zero-order chi connectivity index (χ0) is 15.8. The predicted molar refractivity (Wildman–Crippen MR) is 94.0 cm³/mol. The van der Waals surface area contributed by atoms with Crippen LogP contribution in [-0.2, 0) is 0 Å². The first-order valence-electron chi connectivity index (χ1n) is 7.40. The van der Waals surface area contributed by atoms with E-state index in [2.05, 4.69) is 23.3 Å². The molecule has 0 aliphatic carbocycles. The maximum atomic E-state index is 6.12.